The van der Waals surface area contributed by atoms with Crippen LogP contribution in [0.15, 0.2) is 41.5 Å². The van der Waals surface area contributed by atoms with Gasteiger partial charge < -0.3 is 10.6 Å². The van der Waals surface area contributed by atoms with Crippen LogP contribution in [0.5, 0.6) is 0 Å². The van der Waals surface area contributed by atoms with Crippen LogP contribution in [-0.4, -0.2) is 42.5 Å². The minimum Gasteiger partial charge on any atom is -0.357 e. The van der Waals surface area contributed by atoms with Crippen molar-refractivity contribution in [1.29, 1.82) is 0 Å². The number of halogens is 1. The summed E-state index contributed by atoms with van der Waals surface area (Å²) in [5.74, 6) is 0.324. The van der Waals surface area contributed by atoms with Crippen LogP contribution in [-0.2, 0) is 0 Å². The zero-order valence-electron chi connectivity index (χ0n) is 14.7. The van der Waals surface area contributed by atoms with E-state index in [1.807, 2.05) is 12.4 Å². The van der Waals surface area contributed by atoms with Crippen molar-refractivity contribution in [3.63, 3.8) is 0 Å². The van der Waals surface area contributed by atoms with E-state index in [0.717, 1.165) is 48.6 Å². The van der Waals surface area contributed by atoms with Crippen LogP contribution in [0.25, 0.3) is 11.4 Å². The largest absolute Gasteiger partial charge is 0.357 e. The number of aliphatic imine (C=N–C) groups is 1. The molecule has 1 saturated heterocycles. The summed E-state index contributed by atoms with van der Waals surface area (Å²) in [6.07, 6.45) is 5.87. The van der Waals surface area contributed by atoms with Gasteiger partial charge in [0.2, 0.25) is 5.95 Å². The Morgan fingerprint density at radius 3 is 2.65 bits per heavy atom. The van der Waals surface area contributed by atoms with E-state index < -0.39 is 0 Å². The van der Waals surface area contributed by atoms with Crippen molar-refractivity contribution in [2.45, 2.75) is 18.9 Å². The maximum Gasteiger partial charge on any atom is 0.223 e. The van der Waals surface area contributed by atoms with E-state index in [2.05, 4.69) is 20.6 Å². The minimum atomic E-state index is -0.250. The fourth-order valence-corrected chi connectivity index (χ4v) is 3.56. The molecular weight excluding hydrogens is 331 g/mol. The van der Waals surface area contributed by atoms with Crippen LogP contribution in [0, 0.1) is 5.82 Å². The molecule has 2 aromatic rings. The first-order chi connectivity index (χ1) is 12.8. The van der Waals surface area contributed by atoms with Crippen LogP contribution in [0.3, 0.4) is 0 Å². The van der Waals surface area contributed by atoms with Crippen molar-refractivity contribution < 1.29 is 9.29 Å². The highest BCUT2D eigenvalue weighted by molar-refractivity contribution is 5.92. The van der Waals surface area contributed by atoms with Gasteiger partial charge in [0.05, 0.1) is 0 Å². The molecule has 1 fully saturated rings. The molecule has 134 valence electrons. The number of quaternary nitrogens is 1. The van der Waals surface area contributed by atoms with Crippen molar-refractivity contribution >= 4 is 23.7 Å². The second kappa shape index (κ2) is 7.31. The predicted octanol–water partition coefficient (Wildman–Crippen LogP) is 1.16. The summed E-state index contributed by atoms with van der Waals surface area (Å²) in [7, 11) is 1.80. The van der Waals surface area contributed by atoms with E-state index in [-0.39, 0.29) is 5.82 Å². The summed E-state index contributed by atoms with van der Waals surface area (Å²) in [6.45, 7) is 2.01. The maximum atomic E-state index is 13.4. The lowest BCUT2D eigenvalue weighted by Gasteiger charge is -2.27. The molecule has 7 heteroatoms. The summed E-state index contributed by atoms with van der Waals surface area (Å²) in [6, 6.07) is 8.84. The Labute approximate surface area is 151 Å². The van der Waals surface area contributed by atoms with E-state index >= 15 is 0 Å². The smallest absolute Gasteiger partial charge is 0.223 e. The molecule has 3 N–H and O–H groups in total. The Kier molecular flexibility index (Phi) is 4.73. The topological polar surface area (TPSA) is 66.6 Å². The van der Waals surface area contributed by atoms with Gasteiger partial charge in [0.25, 0.3) is 0 Å². The molecule has 0 bridgehead atoms. The van der Waals surface area contributed by atoms with Gasteiger partial charge in [0.15, 0.2) is 12.0 Å². The average molecular weight is 353 g/mol. The van der Waals surface area contributed by atoms with E-state index in [4.69, 9.17) is 4.99 Å². The lowest BCUT2D eigenvalue weighted by molar-refractivity contribution is -0.748. The lowest BCUT2D eigenvalue weighted by atomic mass is 10.0. The predicted molar refractivity (Wildman–Crippen MR) is 100 cm³/mol. The summed E-state index contributed by atoms with van der Waals surface area (Å²) >= 11 is 0. The Morgan fingerprint density at radius 2 is 1.92 bits per heavy atom. The number of hydrogen-bond donors (Lipinski definition) is 3. The molecule has 26 heavy (non-hydrogen) atoms. The SMILES string of the molecule is CNc1nccc(C2=C(c3ccc(F)cc3)N=C[NH+]2C2CCNCC2)n1. The van der Waals surface area contributed by atoms with Crippen LogP contribution in [0.1, 0.15) is 24.1 Å². The number of piperidine rings is 1. The normalized spacial score (nSPS) is 20.6. The number of nitrogens with zero attached hydrogens (tertiary/aromatic N) is 3. The van der Waals surface area contributed by atoms with Gasteiger partial charge in [-0.15, -0.1) is 0 Å². The molecule has 3 heterocycles. The standard InChI is InChI=1S/C19H21FN6/c1-21-19-23-11-8-16(25-19)18-17(13-2-4-14(20)5-3-13)24-12-26(18)15-6-9-22-10-7-15/h2-5,8,11-12,15,22H,6-7,9-10H2,1H3,(H,21,23,25)/p+1. The van der Waals surface area contributed by atoms with Crippen molar-refractivity contribution in [2.75, 3.05) is 25.5 Å². The Hall–Kier alpha value is -2.64. The van der Waals surface area contributed by atoms with Crippen molar-refractivity contribution in [1.82, 2.24) is 15.3 Å². The monoisotopic (exact) mass is 353 g/mol. The molecule has 1 aromatic carbocycles. The van der Waals surface area contributed by atoms with Crippen molar-refractivity contribution in [3.8, 4) is 0 Å². The fourth-order valence-electron chi connectivity index (χ4n) is 3.56. The van der Waals surface area contributed by atoms with Crippen LogP contribution in [0.2, 0.25) is 0 Å². The molecule has 0 radical (unpaired) electrons. The number of aromatic nitrogens is 2. The second-order valence-corrected chi connectivity index (χ2v) is 6.48. The zero-order valence-corrected chi connectivity index (χ0v) is 14.7. The van der Waals surface area contributed by atoms with Gasteiger partial charge in [-0.2, -0.15) is 4.99 Å². The molecule has 0 saturated carbocycles. The summed E-state index contributed by atoms with van der Waals surface area (Å²) in [4.78, 5) is 14.8. The van der Waals surface area contributed by atoms with Gasteiger partial charge in [-0.1, -0.05) is 0 Å². The van der Waals surface area contributed by atoms with Gasteiger partial charge in [0.1, 0.15) is 23.3 Å². The van der Waals surface area contributed by atoms with Gasteiger partial charge >= 0.3 is 0 Å². The first kappa shape index (κ1) is 16.8. The van der Waals surface area contributed by atoms with Gasteiger partial charge in [0, 0.05) is 44.7 Å². The molecule has 1 aromatic heterocycles. The first-order valence-corrected chi connectivity index (χ1v) is 8.89. The quantitative estimate of drug-likeness (QED) is 0.772. The number of anilines is 1. The van der Waals surface area contributed by atoms with Gasteiger partial charge in [-0.25, -0.2) is 14.4 Å². The molecule has 2 aliphatic heterocycles. The lowest BCUT2D eigenvalue weighted by Crippen LogP contribution is -3.12. The molecule has 0 aliphatic carbocycles. The number of benzene rings is 1. The number of hydrogen-bond acceptors (Lipinski definition) is 5. The molecule has 0 spiro atoms. The summed E-state index contributed by atoms with van der Waals surface area (Å²) < 4.78 is 13.4. The highest BCUT2D eigenvalue weighted by Gasteiger charge is 2.35. The zero-order chi connectivity index (χ0) is 17.9. The molecule has 2 aliphatic rings. The highest BCUT2D eigenvalue weighted by Crippen LogP contribution is 2.26. The van der Waals surface area contributed by atoms with E-state index in [1.165, 1.54) is 17.0 Å². The third-order valence-corrected chi connectivity index (χ3v) is 4.89. The highest BCUT2D eigenvalue weighted by atomic mass is 19.1. The van der Waals surface area contributed by atoms with Crippen LogP contribution in [0.4, 0.5) is 10.3 Å². The van der Waals surface area contributed by atoms with Crippen LogP contribution < -0.4 is 15.5 Å². The number of rotatable bonds is 4. The van der Waals surface area contributed by atoms with Crippen molar-refractivity contribution in [2.24, 2.45) is 4.99 Å². The first-order valence-electron chi connectivity index (χ1n) is 8.89. The summed E-state index contributed by atoms with van der Waals surface area (Å²) in [5.41, 5.74) is 3.61. The van der Waals surface area contributed by atoms with Gasteiger partial charge in [-0.3, -0.25) is 4.90 Å². The molecule has 1 unspecified atom stereocenters. The number of nitrogens with one attached hydrogen (secondary N) is 3. The van der Waals surface area contributed by atoms with E-state index in [9.17, 15) is 4.39 Å². The third-order valence-electron chi connectivity index (χ3n) is 4.89. The molecule has 1 atom stereocenters. The van der Waals surface area contributed by atoms with Crippen molar-refractivity contribution in [3.05, 3.63) is 53.6 Å². The Balaban J connectivity index is 1.81. The third kappa shape index (κ3) is 3.23. The summed E-state index contributed by atoms with van der Waals surface area (Å²) in [5, 5.41) is 6.40. The molecule has 0 amide bonds. The van der Waals surface area contributed by atoms with E-state index in [1.54, 1.807) is 25.4 Å². The molecular formula is C19H22FN6+. The Morgan fingerprint density at radius 1 is 1.15 bits per heavy atom. The van der Waals surface area contributed by atoms with Crippen LogP contribution >= 0.6 is 0 Å². The van der Waals surface area contributed by atoms with Gasteiger partial charge in [-0.05, 0) is 30.3 Å². The molecule has 6 nitrogen and oxygen atoms in total. The second-order valence-electron chi connectivity index (χ2n) is 6.48. The van der Waals surface area contributed by atoms with E-state index in [0.29, 0.717) is 12.0 Å². The minimum absolute atomic E-state index is 0.250. The Bertz CT molecular complexity index is 839. The fraction of sp³-hybridized carbons (Fsp3) is 0.316. The average Bonchev–Trinajstić information content (AvgIpc) is 3.14. The molecule has 4 rings (SSSR count). The maximum absolute atomic E-state index is 13.4.